The molecular weight excluding hydrogens is 530 g/mol. The van der Waals surface area contributed by atoms with E-state index in [1.54, 1.807) is 0 Å². The summed E-state index contributed by atoms with van der Waals surface area (Å²) in [4.78, 5) is 12.0. The van der Waals surface area contributed by atoms with Crippen molar-refractivity contribution in [2.24, 2.45) is 0 Å². The van der Waals surface area contributed by atoms with Gasteiger partial charge in [-0.3, -0.25) is 0 Å². The fraction of sp³-hybridized carbons (Fsp3) is 0.565. The summed E-state index contributed by atoms with van der Waals surface area (Å²) < 4.78 is 117. The summed E-state index contributed by atoms with van der Waals surface area (Å²) in [6.07, 6.45) is -11.4. The van der Waals surface area contributed by atoms with E-state index in [2.05, 4.69) is 5.10 Å². The van der Waals surface area contributed by atoms with Gasteiger partial charge >= 0.3 is 18.3 Å². The largest absolute Gasteiger partial charge is 0.464 e. The van der Waals surface area contributed by atoms with Gasteiger partial charge in [-0.05, 0) is 64.8 Å². The van der Waals surface area contributed by atoms with E-state index in [-0.39, 0.29) is 25.3 Å². The highest BCUT2D eigenvalue weighted by atomic mass is 32.2. The number of halogens is 6. The van der Waals surface area contributed by atoms with Crippen LogP contribution in [0.15, 0.2) is 35.2 Å². The van der Waals surface area contributed by atoms with E-state index >= 15 is 0 Å². The van der Waals surface area contributed by atoms with Gasteiger partial charge in [-0.15, -0.1) is 0 Å². The summed E-state index contributed by atoms with van der Waals surface area (Å²) in [6.45, 7) is 5.16. The second-order valence-corrected chi connectivity index (χ2v) is 11.9. The molecule has 3 rings (SSSR count). The predicted molar refractivity (Wildman–Crippen MR) is 118 cm³/mol. The first-order chi connectivity index (χ1) is 16.8. The number of benzene rings is 1. The van der Waals surface area contributed by atoms with Crippen LogP contribution >= 0.6 is 0 Å². The van der Waals surface area contributed by atoms with Crippen molar-refractivity contribution in [3.63, 3.8) is 0 Å². The van der Waals surface area contributed by atoms with Crippen LogP contribution in [0.2, 0.25) is 0 Å². The van der Waals surface area contributed by atoms with E-state index in [1.165, 1.54) is 27.7 Å². The summed E-state index contributed by atoms with van der Waals surface area (Å²) in [5.74, 6) is -0.872. The van der Waals surface area contributed by atoms with Crippen molar-refractivity contribution in [1.29, 1.82) is 0 Å². The molecule has 206 valence electrons. The number of hydrogen-bond acceptors (Lipinski definition) is 6. The highest BCUT2D eigenvalue weighted by Crippen LogP contribution is 2.44. The van der Waals surface area contributed by atoms with E-state index in [0.717, 1.165) is 22.9 Å². The highest BCUT2D eigenvalue weighted by molar-refractivity contribution is 7.92. The molecule has 2 aromatic rings. The van der Waals surface area contributed by atoms with E-state index in [9.17, 15) is 39.6 Å². The molecule has 0 bridgehead atoms. The molecule has 2 heterocycles. The van der Waals surface area contributed by atoms with Crippen LogP contribution < -0.4 is 0 Å². The number of hydrogen-bond donors (Lipinski definition) is 0. The van der Waals surface area contributed by atoms with E-state index in [1.807, 2.05) is 0 Å². The van der Waals surface area contributed by atoms with Gasteiger partial charge in [0.2, 0.25) is 0 Å². The Hall–Kier alpha value is -2.61. The summed E-state index contributed by atoms with van der Waals surface area (Å²) in [6, 6.07) is 3.95. The number of carbonyl (C=O) groups excluding carboxylic acids is 1. The fourth-order valence-corrected chi connectivity index (χ4v) is 5.97. The zero-order valence-electron chi connectivity index (χ0n) is 20.4. The molecule has 1 aromatic carbocycles. The van der Waals surface area contributed by atoms with Crippen molar-refractivity contribution in [2.75, 3.05) is 13.2 Å². The number of alkyl halides is 6. The molecule has 1 saturated heterocycles. The molecule has 7 nitrogen and oxygen atoms in total. The smallest absolute Gasteiger partial charge is 0.435 e. The van der Waals surface area contributed by atoms with Gasteiger partial charge in [-0.2, -0.15) is 31.4 Å². The molecule has 1 aromatic heterocycles. The van der Waals surface area contributed by atoms with Crippen LogP contribution in [0.25, 0.3) is 0 Å². The third-order valence-electron chi connectivity index (χ3n) is 6.35. The first-order valence-corrected chi connectivity index (χ1v) is 12.7. The van der Waals surface area contributed by atoms with Crippen LogP contribution in [-0.4, -0.2) is 42.1 Å². The number of rotatable bonds is 6. The summed E-state index contributed by atoms with van der Waals surface area (Å²) in [5.41, 5.74) is -4.40. The average Bonchev–Trinajstić information content (AvgIpc) is 3.26. The molecule has 0 amide bonds. The monoisotopic (exact) mass is 556 g/mol. The average molecular weight is 557 g/mol. The summed E-state index contributed by atoms with van der Waals surface area (Å²) >= 11 is 0. The topological polar surface area (TPSA) is 87.5 Å². The van der Waals surface area contributed by atoms with Gasteiger partial charge in [0.1, 0.15) is 6.10 Å². The van der Waals surface area contributed by atoms with Gasteiger partial charge in [0.05, 0.1) is 27.5 Å². The molecule has 2 unspecified atom stereocenters. The number of sulfone groups is 1. The molecule has 0 aliphatic carbocycles. The molecule has 14 heteroatoms. The SMILES string of the molecule is CCOC(=O)C(C)(C)n1nc(C(F)(F)F)cc1C1CC(C)(S(=O)(=O)c2cccc(C(F)(F)F)c2)CCO1. The van der Waals surface area contributed by atoms with Gasteiger partial charge < -0.3 is 9.47 Å². The van der Waals surface area contributed by atoms with Gasteiger partial charge in [0, 0.05) is 6.61 Å². The Balaban J connectivity index is 2.07. The zero-order chi connectivity index (χ0) is 28.0. The molecule has 0 radical (unpaired) electrons. The second kappa shape index (κ2) is 9.61. The lowest BCUT2D eigenvalue weighted by Crippen LogP contribution is -2.44. The molecule has 0 spiro atoms. The van der Waals surface area contributed by atoms with Crippen LogP contribution in [0.1, 0.15) is 63.6 Å². The van der Waals surface area contributed by atoms with Gasteiger partial charge in [0.15, 0.2) is 21.1 Å². The lowest BCUT2D eigenvalue weighted by atomic mass is 9.94. The molecule has 37 heavy (non-hydrogen) atoms. The number of carbonyl (C=O) groups is 1. The predicted octanol–water partition coefficient (Wildman–Crippen LogP) is 5.30. The first kappa shape index (κ1) is 29.0. The molecule has 1 aliphatic rings. The first-order valence-electron chi connectivity index (χ1n) is 11.2. The van der Waals surface area contributed by atoms with Crippen LogP contribution in [0.5, 0.6) is 0 Å². The number of nitrogens with zero attached hydrogens (tertiary/aromatic N) is 2. The fourth-order valence-electron chi connectivity index (χ4n) is 4.13. The highest BCUT2D eigenvalue weighted by Gasteiger charge is 2.48. The zero-order valence-corrected chi connectivity index (χ0v) is 21.2. The van der Waals surface area contributed by atoms with Crippen LogP contribution in [0.3, 0.4) is 0 Å². The van der Waals surface area contributed by atoms with Crippen molar-refractivity contribution in [3.05, 3.63) is 47.3 Å². The number of ether oxygens (including phenoxy) is 2. The Kier molecular flexibility index (Phi) is 7.52. The minimum atomic E-state index is -4.88. The maximum absolute atomic E-state index is 13.6. The van der Waals surface area contributed by atoms with Crippen LogP contribution in [0, 0.1) is 0 Å². The van der Waals surface area contributed by atoms with E-state index in [4.69, 9.17) is 9.47 Å². The van der Waals surface area contributed by atoms with Crippen LogP contribution in [-0.2, 0) is 42.0 Å². The Labute approximate surface area is 209 Å². The van der Waals surface area contributed by atoms with Crippen LogP contribution in [0.4, 0.5) is 26.3 Å². The Bertz CT molecular complexity index is 1270. The normalized spacial score (nSPS) is 21.6. The van der Waals surface area contributed by atoms with Gasteiger partial charge in [0.25, 0.3) is 0 Å². The lowest BCUT2D eigenvalue weighted by molar-refractivity contribution is -0.154. The molecule has 1 aliphatic heterocycles. The summed E-state index contributed by atoms with van der Waals surface area (Å²) in [5, 5.41) is 3.57. The third kappa shape index (κ3) is 5.49. The van der Waals surface area contributed by atoms with Crippen molar-refractivity contribution >= 4 is 15.8 Å². The Morgan fingerprint density at radius 1 is 1.16 bits per heavy atom. The second-order valence-electron chi connectivity index (χ2n) is 9.44. The standard InChI is InChI=1S/C23H26F6N2O5S/c1-5-35-19(32)20(2,3)31-16(12-18(30-31)23(27,28)29)17-13-21(4,9-10-36-17)37(33,34)15-8-6-7-14(11-15)22(24,25)26/h6-8,11-12,17H,5,9-10,13H2,1-4H3. The molecule has 0 saturated carbocycles. The quantitative estimate of drug-likeness (QED) is 0.355. The third-order valence-corrected chi connectivity index (χ3v) is 8.89. The Morgan fingerprint density at radius 3 is 2.38 bits per heavy atom. The minimum absolute atomic E-state index is 0.0434. The maximum atomic E-state index is 13.6. The lowest BCUT2D eigenvalue weighted by Gasteiger charge is -2.38. The van der Waals surface area contributed by atoms with Crippen molar-refractivity contribution in [2.45, 2.75) is 74.2 Å². The minimum Gasteiger partial charge on any atom is -0.464 e. The number of aromatic nitrogens is 2. The van der Waals surface area contributed by atoms with Crippen molar-refractivity contribution in [3.8, 4) is 0 Å². The van der Waals surface area contributed by atoms with Crippen molar-refractivity contribution in [1.82, 2.24) is 9.78 Å². The summed E-state index contributed by atoms with van der Waals surface area (Å²) in [7, 11) is -4.40. The van der Waals surface area contributed by atoms with Gasteiger partial charge in [-0.1, -0.05) is 6.07 Å². The van der Waals surface area contributed by atoms with E-state index in [0.29, 0.717) is 12.1 Å². The van der Waals surface area contributed by atoms with Crippen molar-refractivity contribution < 1.29 is 49.0 Å². The van der Waals surface area contributed by atoms with E-state index < -0.39 is 67.1 Å². The molecule has 2 atom stereocenters. The maximum Gasteiger partial charge on any atom is 0.435 e. The molecule has 1 fully saturated rings. The number of esters is 1. The Morgan fingerprint density at radius 2 is 1.81 bits per heavy atom. The van der Waals surface area contributed by atoms with Gasteiger partial charge in [-0.25, -0.2) is 17.9 Å². The molecule has 0 N–H and O–H groups in total. The molecular formula is C23H26F6N2O5S.